The number of carbonyl (C=O) groups is 1. The van der Waals surface area contributed by atoms with Gasteiger partial charge in [-0.25, -0.2) is 4.79 Å². The van der Waals surface area contributed by atoms with Crippen LogP contribution in [0, 0.1) is 0 Å². The van der Waals surface area contributed by atoms with E-state index in [1.165, 1.54) is 0 Å². The summed E-state index contributed by atoms with van der Waals surface area (Å²) in [5.74, 6) is -0.941. The van der Waals surface area contributed by atoms with Crippen LogP contribution in [0.2, 0.25) is 0 Å². The van der Waals surface area contributed by atoms with Crippen LogP contribution in [0.1, 0.15) is 9.75 Å². The molecule has 2 rings (SSSR count). The van der Waals surface area contributed by atoms with E-state index < -0.39 is 5.97 Å². The summed E-state index contributed by atoms with van der Waals surface area (Å²) < 4.78 is 5.34. The van der Waals surface area contributed by atoms with Crippen molar-refractivity contribution in [2.75, 3.05) is 26.4 Å². The molecule has 19 heavy (non-hydrogen) atoms. The van der Waals surface area contributed by atoms with Crippen molar-refractivity contribution in [2.24, 2.45) is 0 Å². The fraction of sp³-hybridized carbons (Fsp3) is 0.462. The van der Waals surface area contributed by atoms with Crippen molar-refractivity contribution < 1.29 is 19.7 Å². The van der Waals surface area contributed by atoms with Gasteiger partial charge in [0.15, 0.2) is 0 Å². The number of carboxylic acids is 1. The molecule has 0 radical (unpaired) electrons. The first-order chi connectivity index (χ1) is 9.19. The van der Waals surface area contributed by atoms with Gasteiger partial charge in [-0.2, -0.15) is 0 Å². The molecule has 1 aromatic heterocycles. The maximum absolute atomic E-state index is 10.4. The minimum Gasteiger partial charge on any atom is -0.478 e. The lowest BCUT2D eigenvalue weighted by molar-refractivity contribution is -0.131. The summed E-state index contributed by atoms with van der Waals surface area (Å²) >= 11 is 1.57. The molecule has 2 N–H and O–H groups in total. The molecule has 1 saturated heterocycles. The van der Waals surface area contributed by atoms with Gasteiger partial charge < -0.3 is 14.9 Å². The van der Waals surface area contributed by atoms with Crippen molar-refractivity contribution >= 4 is 23.4 Å². The second-order valence-electron chi connectivity index (χ2n) is 4.36. The average Bonchev–Trinajstić information content (AvgIpc) is 2.85. The molecule has 1 aliphatic heterocycles. The summed E-state index contributed by atoms with van der Waals surface area (Å²) in [5, 5.41) is 17.9. The van der Waals surface area contributed by atoms with E-state index in [2.05, 4.69) is 4.90 Å². The number of nitrogens with zero attached hydrogens (tertiary/aromatic N) is 1. The number of aliphatic hydroxyl groups excluding tert-OH is 1. The average molecular weight is 283 g/mol. The number of ether oxygens (including phenoxy) is 1. The van der Waals surface area contributed by atoms with Gasteiger partial charge in [0.1, 0.15) is 0 Å². The van der Waals surface area contributed by atoms with Crippen LogP contribution in [0.5, 0.6) is 0 Å². The molecule has 0 amide bonds. The van der Waals surface area contributed by atoms with Gasteiger partial charge in [-0.05, 0) is 18.2 Å². The molecule has 1 atom stereocenters. The van der Waals surface area contributed by atoms with Crippen molar-refractivity contribution in [1.29, 1.82) is 0 Å². The molecule has 0 aliphatic carbocycles. The number of carboxylic acid groups (broad SMARTS) is 1. The maximum Gasteiger partial charge on any atom is 0.328 e. The van der Waals surface area contributed by atoms with Gasteiger partial charge in [-0.1, -0.05) is 0 Å². The van der Waals surface area contributed by atoms with E-state index in [0.29, 0.717) is 13.2 Å². The smallest absolute Gasteiger partial charge is 0.328 e. The van der Waals surface area contributed by atoms with E-state index in [-0.39, 0.29) is 12.6 Å². The molecule has 1 aliphatic rings. The highest BCUT2D eigenvalue weighted by Crippen LogP contribution is 2.21. The number of aliphatic carboxylic acids is 1. The first-order valence-corrected chi connectivity index (χ1v) is 6.93. The third-order valence-corrected chi connectivity index (χ3v) is 4.03. The second-order valence-corrected chi connectivity index (χ2v) is 5.56. The Labute approximate surface area is 115 Å². The van der Waals surface area contributed by atoms with Gasteiger partial charge in [0.25, 0.3) is 0 Å². The van der Waals surface area contributed by atoms with Crippen LogP contribution in [-0.2, 0) is 16.1 Å². The maximum atomic E-state index is 10.4. The van der Waals surface area contributed by atoms with Crippen molar-refractivity contribution in [3.05, 3.63) is 28.0 Å². The quantitative estimate of drug-likeness (QED) is 0.790. The van der Waals surface area contributed by atoms with Gasteiger partial charge in [0.2, 0.25) is 0 Å². The molecule has 5 nitrogen and oxygen atoms in total. The Bertz CT molecular complexity index is 457. The number of morpholine rings is 1. The zero-order chi connectivity index (χ0) is 13.7. The molecule has 0 spiro atoms. The van der Waals surface area contributed by atoms with Crippen LogP contribution >= 0.6 is 11.3 Å². The van der Waals surface area contributed by atoms with E-state index in [1.54, 1.807) is 17.4 Å². The van der Waals surface area contributed by atoms with Crippen molar-refractivity contribution in [3.63, 3.8) is 0 Å². The van der Waals surface area contributed by atoms with Crippen LogP contribution in [0.3, 0.4) is 0 Å². The first-order valence-electron chi connectivity index (χ1n) is 6.11. The largest absolute Gasteiger partial charge is 0.478 e. The van der Waals surface area contributed by atoms with E-state index in [1.807, 2.05) is 12.1 Å². The monoisotopic (exact) mass is 283 g/mol. The molecule has 0 bridgehead atoms. The summed E-state index contributed by atoms with van der Waals surface area (Å²) in [5.41, 5.74) is 0. The molecule has 0 aromatic carbocycles. The van der Waals surface area contributed by atoms with E-state index in [4.69, 9.17) is 9.84 Å². The van der Waals surface area contributed by atoms with Crippen molar-refractivity contribution in [1.82, 2.24) is 4.90 Å². The van der Waals surface area contributed by atoms with E-state index in [9.17, 15) is 9.90 Å². The standard InChI is InChI=1S/C13H17NO4S/c15-8-10-9-18-6-5-14(10)7-12-2-1-11(19-12)3-4-13(16)17/h1-4,10,15H,5-9H2,(H,16,17)/b4-3+. The Morgan fingerprint density at radius 3 is 3.16 bits per heavy atom. The molecular weight excluding hydrogens is 266 g/mol. The highest BCUT2D eigenvalue weighted by Gasteiger charge is 2.22. The van der Waals surface area contributed by atoms with Crippen molar-refractivity contribution in [2.45, 2.75) is 12.6 Å². The topological polar surface area (TPSA) is 70.0 Å². The predicted molar refractivity (Wildman–Crippen MR) is 73.1 cm³/mol. The zero-order valence-electron chi connectivity index (χ0n) is 10.5. The lowest BCUT2D eigenvalue weighted by Gasteiger charge is -2.33. The zero-order valence-corrected chi connectivity index (χ0v) is 11.3. The second kappa shape index (κ2) is 6.81. The Kier molecular flexibility index (Phi) is 5.09. The Balaban J connectivity index is 1.97. The summed E-state index contributed by atoms with van der Waals surface area (Å²) in [7, 11) is 0. The van der Waals surface area contributed by atoms with Gasteiger partial charge in [0.05, 0.1) is 25.9 Å². The molecule has 1 aromatic rings. The molecule has 1 fully saturated rings. The van der Waals surface area contributed by atoms with Crippen LogP contribution in [0.4, 0.5) is 0 Å². The summed E-state index contributed by atoms with van der Waals surface area (Å²) in [6.45, 7) is 2.92. The normalized spacial score (nSPS) is 21.0. The molecular formula is C13H17NO4S. The minimum atomic E-state index is -0.941. The highest BCUT2D eigenvalue weighted by molar-refractivity contribution is 7.12. The number of thiophene rings is 1. The van der Waals surface area contributed by atoms with E-state index >= 15 is 0 Å². The number of hydrogen-bond acceptors (Lipinski definition) is 5. The fourth-order valence-electron chi connectivity index (χ4n) is 1.99. The Morgan fingerprint density at radius 1 is 1.58 bits per heavy atom. The van der Waals surface area contributed by atoms with Gasteiger partial charge in [-0.15, -0.1) is 11.3 Å². The predicted octanol–water partition coefficient (Wildman–Crippen LogP) is 1.04. The minimum absolute atomic E-state index is 0.0499. The lowest BCUT2D eigenvalue weighted by atomic mass is 10.2. The summed E-state index contributed by atoms with van der Waals surface area (Å²) in [6.07, 6.45) is 2.74. The van der Waals surface area contributed by atoms with Crippen LogP contribution in [0.25, 0.3) is 6.08 Å². The van der Waals surface area contributed by atoms with Crippen LogP contribution in [0.15, 0.2) is 18.2 Å². The Hall–Kier alpha value is -1.21. The number of rotatable bonds is 5. The first kappa shape index (κ1) is 14.2. The number of hydrogen-bond donors (Lipinski definition) is 2. The van der Waals surface area contributed by atoms with Gasteiger partial charge >= 0.3 is 5.97 Å². The highest BCUT2D eigenvalue weighted by atomic mass is 32.1. The molecule has 0 saturated carbocycles. The summed E-state index contributed by atoms with van der Waals surface area (Å²) in [6, 6.07) is 3.96. The molecule has 1 unspecified atom stereocenters. The van der Waals surface area contributed by atoms with Crippen molar-refractivity contribution in [3.8, 4) is 0 Å². The summed E-state index contributed by atoms with van der Waals surface area (Å²) in [4.78, 5) is 14.7. The molecule has 104 valence electrons. The molecule has 6 heteroatoms. The lowest BCUT2D eigenvalue weighted by Crippen LogP contribution is -2.46. The number of aliphatic hydroxyl groups is 1. The Morgan fingerprint density at radius 2 is 2.42 bits per heavy atom. The third-order valence-electron chi connectivity index (χ3n) is 2.99. The SMILES string of the molecule is O=C(O)/C=C/c1ccc(CN2CCOCC2CO)s1. The van der Waals surface area contributed by atoms with Crippen LogP contribution in [-0.4, -0.2) is 53.5 Å². The van der Waals surface area contributed by atoms with Crippen LogP contribution < -0.4 is 0 Å². The third kappa shape index (κ3) is 4.14. The fourth-order valence-corrected chi connectivity index (χ4v) is 2.93. The molecule has 2 heterocycles. The van der Waals surface area contributed by atoms with Gasteiger partial charge in [-0.3, -0.25) is 4.90 Å². The van der Waals surface area contributed by atoms with E-state index in [0.717, 1.165) is 28.9 Å². The van der Waals surface area contributed by atoms with Gasteiger partial charge in [0, 0.05) is 28.9 Å².